The number of carbonyl (C=O) groups excluding carboxylic acids is 4. The fraction of sp³-hybridized carbons (Fsp3) is 0.942. The zero-order chi connectivity index (χ0) is 111. The molecule has 0 spiro atoms. The molecule has 13 aliphatic rings. The van der Waals surface area contributed by atoms with Crippen molar-refractivity contribution in [2.75, 3.05) is 52.9 Å². The van der Waals surface area contributed by atoms with E-state index in [1.54, 1.807) is 6.92 Å². The summed E-state index contributed by atoms with van der Waals surface area (Å²) in [5.74, 6) is -4.09. The van der Waals surface area contributed by atoms with Crippen LogP contribution in [-0.2, 0) is 104 Å². The summed E-state index contributed by atoms with van der Waals surface area (Å²) in [6.07, 6.45) is -54.4. The van der Waals surface area contributed by atoms with Gasteiger partial charge in [-0.1, -0.05) is 135 Å². The molecule has 8 heterocycles. The fourth-order valence-corrected chi connectivity index (χ4v) is 28.3. The Morgan fingerprint density at radius 3 is 1.63 bits per heavy atom. The van der Waals surface area contributed by atoms with Gasteiger partial charge in [-0.2, -0.15) is 0 Å². The normalized spacial score (nSPS) is 45.8. The maximum absolute atomic E-state index is 16.7. The molecule has 12 fully saturated rings. The van der Waals surface area contributed by atoms with Gasteiger partial charge >= 0.3 is 5.97 Å². The largest absolute Gasteiger partial charge is 0.432 e. The fourth-order valence-electron chi connectivity index (χ4n) is 25.5. The predicted molar refractivity (Wildman–Crippen MR) is 529 cm³/mol. The standard InChI is InChI=1S/C103H178N2O43Si2/c1-22-47(3)54(104-66(115)35-51(148-150(20,21)96(9,10)11)33-58(48(4)23-2)136-89-76(124)71(119)61(40-108)138-89)32-50(147-149(18,19)95(6,7)8)34-67(116)105-68-59(38-106)137-92(83(72(68)120)144-88-78(126)74(122)80(49(5)135-88)141-87-79(127)81(56(112)42-132-87)142-93-85(128)102(130,45-110)46-134-93)146-94(129)103-31-30-97(12,13)36-53(103)52-24-25-63-98(14)28-27-65(99(15,44-109)62(98)26-29-100(63,16)101(52,17)37-64(103)114)140-91-84(145-90-77(125)73(121)70(118)60(39-107)139-90)82(57(113)43-133-91)143-86-75(123)69(117)55(111)41-131-86/h24,44,47-51,53-65,68-93,106-108,110-114,117-128,130H,22-23,25-43,45-46H2,1-21H3,(H,104,115)(H,105,116)/t47-,48-,49?,50-,51-,53?,54-,55+,56+,57+,58-,59+,60?,61?,62+,63?,64+,65-,68-,69-,70-,71?,72?,73-,74?,75?,76?,77?,78?,79?,80-,81?,82-,83?,84?,85?,86-,87-,88-,89+,90-,91-,92-,93-,98?,99?,100+,101?,102-,103+/m0/s1. The summed E-state index contributed by atoms with van der Waals surface area (Å²) in [7, 11) is -5.61. The molecule has 8 aliphatic heterocycles. The quantitative estimate of drug-likeness (QED) is 0.0116. The maximum Gasteiger partial charge on any atom is 0.317 e. The van der Waals surface area contributed by atoms with Gasteiger partial charge in [-0.3, -0.25) is 14.4 Å². The number of hydrogen-bond donors (Lipinski definition) is 23. The number of aldehydes is 1. The second-order valence-electron chi connectivity index (χ2n) is 50.1. The molecule has 0 bridgehead atoms. The molecule has 23 N–H and O–H groups in total. The van der Waals surface area contributed by atoms with Gasteiger partial charge in [0.1, 0.15) is 152 Å². The number of rotatable bonds is 39. The van der Waals surface area contributed by atoms with Gasteiger partial charge in [0.15, 0.2) is 66.8 Å². The molecule has 2 amide bonds. The lowest BCUT2D eigenvalue weighted by atomic mass is 9.33. The minimum absolute atomic E-state index is 0.0217. The number of allylic oxidation sites excluding steroid dienone is 2. The van der Waals surface area contributed by atoms with Crippen LogP contribution in [0, 0.1) is 62.1 Å². The molecule has 150 heavy (non-hydrogen) atoms. The van der Waals surface area contributed by atoms with Gasteiger partial charge in [0.25, 0.3) is 0 Å². The highest BCUT2D eigenvalue weighted by Crippen LogP contribution is 2.76. The predicted octanol–water partition coefficient (Wildman–Crippen LogP) is -0.961. The van der Waals surface area contributed by atoms with Crippen molar-refractivity contribution in [3.63, 3.8) is 0 Å². The Hall–Kier alpha value is -3.27. The van der Waals surface area contributed by atoms with Crippen LogP contribution < -0.4 is 10.6 Å². The summed E-state index contributed by atoms with van der Waals surface area (Å²) in [6.45, 7) is 36.5. The van der Waals surface area contributed by atoms with E-state index in [4.69, 9.17) is 84.6 Å². The van der Waals surface area contributed by atoms with Crippen LogP contribution in [-0.4, -0.2) is 446 Å². The average molecular weight is 2190 g/mol. The van der Waals surface area contributed by atoms with E-state index in [1.807, 2.05) is 61.6 Å². The third-order valence-corrected chi connectivity index (χ3v) is 46.8. The van der Waals surface area contributed by atoms with E-state index in [2.05, 4.69) is 85.2 Å². The van der Waals surface area contributed by atoms with E-state index in [0.717, 1.165) is 11.9 Å². The minimum atomic E-state index is -2.92. The van der Waals surface area contributed by atoms with Gasteiger partial charge < -0.3 is 207 Å². The molecule has 0 aromatic rings. The molecule has 0 radical (unpaired) electrons. The minimum Gasteiger partial charge on any atom is -0.432 e. The molecule has 20 unspecified atom stereocenters. The Labute approximate surface area is 880 Å². The summed E-state index contributed by atoms with van der Waals surface area (Å²) in [5.41, 5.74) is -7.28. The van der Waals surface area contributed by atoms with Crippen LogP contribution in [0.5, 0.6) is 0 Å². The van der Waals surface area contributed by atoms with Gasteiger partial charge in [-0.15, -0.1) is 0 Å². The number of esters is 1. The lowest BCUT2D eigenvalue weighted by Crippen LogP contribution is -2.70. The van der Waals surface area contributed by atoms with Crippen molar-refractivity contribution in [1.82, 2.24) is 10.6 Å². The Morgan fingerprint density at radius 2 is 1.03 bits per heavy atom. The molecule has 5 aliphatic carbocycles. The summed E-state index contributed by atoms with van der Waals surface area (Å²) in [5, 5.41) is 243. The number of aliphatic hydroxyl groups is 21. The van der Waals surface area contributed by atoms with Crippen molar-refractivity contribution in [2.45, 2.75) is 495 Å². The van der Waals surface area contributed by atoms with Crippen LogP contribution >= 0.6 is 0 Å². The van der Waals surface area contributed by atoms with Crippen LogP contribution in [0.1, 0.15) is 214 Å². The number of nitrogens with one attached hydrogen (secondary N) is 2. The van der Waals surface area contributed by atoms with Crippen molar-refractivity contribution >= 4 is 40.7 Å². The van der Waals surface area contributed by atoms with E-state index in [1.165, 1.54) is 6.92 Å². The van der Waals surface area contributed by atoms with E-state index in [0.29, 0.717) is 51.4 Å². The first-order valence-electron chi connectivity index (χ1n) is 53.9. The third kappa shape index (κ3) is 24.6. The van der Waals surface area contributed by atoms with E-state index in [-0.39, 0.29) is 61.3 Å². The number of amides is 2. The second kappa shape index (κ2) is 48.2. The van der Waals surface area contributed by atoms with Crippen LogP contribution in [0.25, 0.3) is 0 Å². The SMILES string of the molecule is CC[C@H](C)[C@H](C[C@@H](CC(=O)N[C@@H]1C(O)C(O[C@@H]2OC(C)[C@H](O[C@@H]3OC[C@@H](O)C(O[C@@H]4OC[C@@](O)(CO)C4O)C3O)C(O)C2O)[C@H](OC(=O)[C@]23CCC(C)(C)CC2C2=CCC4C5(C)CC[C@H](O[C@@H]6OC[C@@H](O)[C@H](O[C@@H]7OC[C@@H](O)[C@H](O)C7O)C6O[C@@H]6OC(CO)[C@H](O)[C@H](O)C6O)C(C)(C=O)[C@@H]5CC[C@@]4(C)C2(C)C[C@H]3O)O[C@@H]1CO)O[Si](C)(C)C(C)(C)C)NC(=O)C[C@H](C[C@H](O[C@@H]1OC(CO)C(O)C1O)[C@@H](C)CC)O[Si](C)(C)C(C)(C)C. The Morgan fingerprint density at radius 1 is 0.513 bits per heavy atom. The number of ether oxygens (including phenoxy) is 16. The molecule has 8 saturated heterocycles. The monoisotopic (exact) mass is 2190 g/mol. The number of fused-ring (bicyclic) bond motifs is 7. The van der Waals surface area contributed by atoms with Crippen LogP contribution in [0.15, 0.2) is 11.6 Å². The molecular weight excluding hydrogens is 2010 g/mol. The first kappa shape index (κ1) is 124. The Balaban J connectivity index is 0.787. The molecule has 50 atom stereocenters. The van der Waals surface area contributed by atoms with Gasteiger partial charge in [-0.05, 0) is 165 Å². The van der Waals surface area contributed by atoms with Crippen molar-refractivity contribution in [2.24, 2.45) is 62.1 Å². The van der Waals surface area contributed by atoms with Crippen LogP contribution in [0.2, 0.25) is 36.3 Å². The summed E-state index contributed by atoms with van der Waals surface area (Å²) >= 11 is 0. The van der Waals surface area contributed by atoms with Crippen molar-refractivity contribution < 1.29 is 211 Å². The number of hydrogen-bond acceptors (Lipinski definition) is 43. The topological polar surface area (TPSA) is 683 Å². The zero-order valence-electron chi connectivity index (χ0n) is 90.7. The average Bonchev–Trinajstić information content (AvgIpc) is 0.742. The van der Waals surface area contributed by atoms with E-state index >= 15 is 14.4 Å². The van der Waals surface area contributed by atoms with E-state index in [9.17, 15) is 112 Å². The first-order valence-corrected chi connectivity index (χ1v) is 59.7. The molecule has 13 rings (SSSR count). The molecule has 0 aromatic carbocycles. The van der Waals surface area contributed by atoms with Crippen molar-refractivity contribution in [1.29, 1.82) is 0 Å². The first-order chi connectivity index (χ1) is 69.9. The Kier molecular flexibility index (Phi) is 39.7. The molecule has 0 aromatic heterocycles. The van der Waals surface area contributed by atoms with Gasteiger partial charge in [0.2, 0.25) is 18.1 Å². The Bertz CT molecular complexity index is 4470. The lowest BCUT2D eigenvalue weighted by molar-refractivity contribution is -0.384. The lowest BCUT2D eigenvalue weighted by Gasteiger charge is -2.71. The van der Waals surface area contributed by atoms with Gasteiger partial charge in [0.05, 0.1) is 114 Å². The summed E-state index contributed by atoms with van der Waals surface area (Å²) in [4.78, 5) is 62.0. The van der Waals surface area contributed by atoms with Crippen LogP contribution in [0.3, 0.4) is 0 Å². The van der Waals surface area contributed by atoms with Gasteiger partial charge in [-0.25, -0.2) is 0 Å². The van der Waals surface area contributed by atoms with Crippen molar-refractivity contribution in [3.8, 4) is 0 Å². The molecule has 4 saturated carbocycles. The highest BCUT2D eigenvalue weighted by Gasteiger charge is 2.74. The third-order valence-electron chi connectivity index (χ3n) is 37.8. The molecule has 45 nitrogen and oxygen atoms in total. The van der Waals surface area contributed by atoms with Crippen LogP contribution in [0.4, 0.5) is 0 Å². The number of aliphatic hydroxyl groups excluding tert-OH is 20. The summed E-state index contributed by atoms with van der Waals surface area (Å²) in [6, 6.07) is -2.38. The number of carbonyl (C=O) groups is 4. The van der Waals surface area contributed by atoms with E-state index < -0.39 is 388 Å². The highest BCUT2D eigenvalue weighted by atomic mass is 28.4. The second-order valence-corrected chi connectivity index (χ2v) is 59.6. The van der Waals surface area contributed by atoms with Gasteiger partial charge in [0, 0.05) is 6.04 Å². The summed E-state index contributed by atoms with van der Waals surface area (Å²) < 4.78 is 113. The maximum atomic E-state index is 16.7. The zero-order valence-corrected chi connectivity index (χ0v) is 92.7. The van der Waals surface area contributed by atoms with Crippen molar-refractivity contribution in [3.05, 3.63) is 11.6 Å². The smallest absolute Gasteiger partial charge is 0.317 e. The molecular formula is C103H178N2O43Si2. The molecule has 47 heteroatoms. The highest BCUT2D eigenvalue weighted by molar-refractivity contribution is 6.74. The molecule has 866 valence electrons.